The first-order chi connectivity index (χ1) is 13.6. The zero-order valence-electron chi connectivity index (χ0n) is 17.1. The molecule has 0 fully saturated rings. The maximum atomic E-state index is 12.2. The fraction of sp³-hybridized carbons (Fsp3) is 0.333. The molecule has 2 aromatic carbocycles. The van der Waals surface area contributed by atoms with Crippen LogP contribution >= 0.6 is 0 Å². The Morgan fingerprint density at radius 1 is 1.21 bits per heavy atom. The fourth-order valence-corrected chi connectivity index (χ4v) is 2.48. The van der Waals surface area contributed by atoms with E-state index in [1.54, 1.807) is 13.0 Å². The largest absolute Gasteiger partial charge is 0.490 e. The molecule has 0 saturated heterocycles. The summed E-state index contributed by atoms with van der Waals surface area (Å²) in [5.74, 6) is 0.287. The van der Waals surface area contributed by atoms with Crippen molar-refractivity contribution >= 4 is 17.8 Å². The monoisotopic (exact) mass is 399 g/mol. The number of hydrogen-bond acceptors (Lipinski definition) is 6. The molecule has 2 aromatic rings. The molecular weight excluding hydrogens is 374 g/mol. The molecule has 0 aliphatic carbocycles. The van der Waals surface area contributed by atoms with E-state index in [0.717, 1.165) is 0 Å². The Morgan fingerprint density at radius 3 is 2.41 bits per heavy atom. The number of nitro groups is 1. The van der Waals surface area contributed by atoms with Crippen LogP contribution in [-0.4, -0.2) is 30.3 Å². The number of methoxy groups -OCH3 is 1. The SMILES string of the molecule is COc1ccc(/C=N/NC(=O)C(C)Oc2ccc(C(C)(C)C)cc2)cc1[N+](=O)[O-]. The van der Waals surface area contributed by atoms with Gasteiger partial charge in [0.05, 0.1) is 18.2 Å². The van der Waals surface area contributed by atoms with E-state index in [1.807, 2.05) is 24.3 Å². The quantitative estimate of drug-likeness (QED) is 0.433. The van der Waals surface area contributed by atoms with Gasteiger partial charge in [-0.25, -0.2) is 5.43 Å². The Kier molecular flexibility index (Phi) is 6.93. The summed E-state index contributed by atoms with van der Waals surface area (Å²) in [4.78, 5) is 22.7. The lowest BCUT2D eigenvalue weighted by molar-refractivity contribution is -0.385. The summed E-state index contributed by atoms with van der Waals surface area (Å²) in [6.07, 6.45) is 0.549. The molecule has 154 valence electrons. The molecule has 0 aromatic heterocycles. The highest BCUT2D eigenvalue weighted by Crippen LogP contribution is 2.27. The number of carbonyl (C=O) groups excluding carboxylic acids is 1. The van der Waals surface area contributed by atoms with Crippen molar-refractivity contribution in [1.82, 2.24) is 5.43 Å². The molecule has 0 saturated carbocycles. The Morgan fingerprint density at radius 2 is 1.86 bits per heavy atom. The number of amides is 1. The van der Waals surface area contributed by atoms with Crippen LogP contribution in [0.5, 0.6) is 11.5 Å². The molecule has 0 aliphatic rings. The van der Waals surface area contributed by atoms with Crippen molar-refractivity contribution in [3.63, 3.8) is 0 Å². The molecule has 1 atom stereocenters. The van der Waals surface area contributed by atoms with E-state index in [-0.39, 0.29) is 16.9 Å². The summed E-state index contributed by atoms with van der Waals surface area (Å²) < 4.78 is 10.6. The summed E-state index contributed by atoms with van der Waals surface area (Å²) in [5.41, 5.74) is 3.84. The highest BCUT2D eigenvalue weighted by molar-refractivity contribution is 5.85. The number of benzene rings is 2. The van der Waals surface area contributed by atoms with Gasteiger partial charge >= 0.3 is 5.69 Å². The molecule has 1 unspecified atom stereocenters. The van der Waals surface area contributed by atoms with E-state index >= 15 is 0 Å². The Bertz CT molecular complexity index is 902. The van der Waals surface area contributed by atoms with Crippen molar-refractivity contribution in [2.24, 2.45) is 5.10 Å². The third-order valence-corrected chi connectivity index (χ3v) is 4.19. The molecule has 0 radical (unpaired) electrons. The molecule has 8 nitrogen and oxygen atoms in total. The van der Waals surface area contributed by atoms with E-state index < -0.39 is 16.9 Å². The van der Waals surface area contributed by atoms with Gasteiger partial charge in [-0.1, -0.05) is 32.9 Å². The predicted octanol–water partition coefficient (Wildman–Crippen LogP) is 3.82. The summed E-state index contributed by atoms with van der Waals surface area (Å²) in [6.45, 7) is 7.97. The molecule has 0 aliphatic heterocycles. The van der Waals surface area contributed by atoms with Gasteiger partial charge in [-0.15, -0.1) is 0 Å². The standard InChI is InChI=1S/C21H25N3O5/c1-14(29-17-9-7-16(8-10-17)21(2,3)4)20(25)23-22-13-15-6-11-19(28-5)18(12-15)24(26)27/h6-14H,1-5H3,(H,23,25)/b22-13+. The highest BCUT2D eigenvalue weighted by Gasteiger charge is 2.17. The second-order valence-corrected chi connectivity index (χ2v) is 7.46. The van der Waals surface area contributed by atoms with Gasteiger partial charge in [-0.3, -0.25) is 14.9 Å². The molecule has 1 amide bonds. The molecule has 2 rings (SSSR count). The number of ether oxygens (including phenoxy) is 2. The Hall–Kier alpha value is -3.42. The van der Waals surface area contributed by atoms with Gasteiger partial charge < -0.3 is 9.47 Å². The Balaban J connectivity index is 1.96. The number of hydrogen-bond donors (Lipinski definition) is 1. The van der Waals surface area contributed by atoms with Crippen molar-refractivity contribution in [1.29, 1.82) is 0 Å². The number of nitrogens with one attached hydrogen (secondary N) is 1. The summed E-state index contributed by atoms with van der Waals surface area (Å²) in [5, 5.41) is 14.9. The third kappa shape index (κ3) is 6.03. The number of nitro benzene ring substituents is 1. The first-order valence-corrected chi connectivity index (χ1v) is 9.04. The fourth-order valence-electron chi connectivity index (χ4n) is 2.48. The van der Waals surface area contributed by atoms with Crippen LogP contribution in [0.3, 0.4) is 0 Å². The van der Waals surface area contributed by atoms with Crippen LogP contribution in [0.4, 0.5) is 5.69 Å². The van der Waals surface area contributed by atoms with Crippen molar-refractivity contribution in [3.05, 3.63) is 63.7 Å². The van der Waals surface area contributed by atoms with Gasteiger partial charge in [0.1, 0.15) is 5.75 Å². The lowest BCUT2D eigenvalue weighted by Gasteiger charge is -2.19. The molecule has 29 heavy (non-hydrogen) atoms. The maximum absolute atomic E-state index is 12.2. The van der Waals surface area contributed by atoms with Crippen molar-refractivity contribution in [2.75, 3.05) is 7.11 Å². The topological polar surface area (TPSA) is 103 Å². The smallest absolute Gasteiger partial charge is 0.311 e. The van der Waals surface area contributed by atoms with Crippen LogP contribution in [0.1, 0.15) is 38.8 Å². The van der Waals surface area contributed by atoms with Crippen LogP contribution in [0.2, 0.25) is 0 Å². The predicted molar refractivity (Wildman–Crippen MR) is 111 cm³/mol. The van der Waals surface area contributed by atoms with Crippen molar-refractivity contribution in [2.45, 2.75) is 39.2 Å². The van der Waals surface area contributed by atoms with Crippen molar-refractivity contribution < 1.29 is 19.2 Å². The number of nitrogens with zero attached hydrogens (tertiary/aromatic N) is 2. The highest BCUT2D eigenvalue weighted by atomic mass is 16.6. The van der Waals surface area contributed by atoms with Gasteiger partial charge in [-0.05, 0) is 42.2 Å². The minimum absolute atomic E-state index is 0.0345. The lowest BCUT2D eigenvalue weighted by Crippen LogP contribution is -2.33. The van der Waals surface area contributed by atoms with E-state index in [4.69, 9.17) is 9.47 Å². The van der Waals surface area contributed by atoms with E-state index in [0.29, 0.717) is 11.3 Å². The van der Waals surface area contributed by atoms with Crippen molar-refractivity contribution in [3.8, 4) is 11.5 Å². The normalized spacial score (nSPS) is 12.4. The van der Waals surface area contributed by atoms with Crippen LogP contribution in [0.25, 0.3) is 0 Å². The zero-order valence-corrected chi connectivity index (χ0v) is 17.1. The van der Waals surface area contributed by atoms with E-state index in [9.17, 15) is 14.9 Å². The maximum Gasteiger partial charge on any atom is 0.311 e. The zero-order chi connectivity index (χ0) is 21.6. The average molecular weight is 399 g/mol. The van der Waals surface area contributed by atoms with Gasteiger partial charge in [-0.2, -0.15) is 5.10 Å². The number of hydrazone groups is 1. The average Bonchev–Trinajstić information content (AvgIpc) is 2.67. The van der Waals surface area contributed by atoms with Gasteiger partial charge in [0.15, 0.2) is 11.9 Å². The van der Waals surface area contributed by atoms with E-state index in [2.05, 4.69) is 31.3 Å². The minimum atomic E-state index is -0.766. The molecule has 1 N–H and O–H groups in total. The molecular formula is C21H25N3O5. The first-order valence-electron chi connectivity index (χ1n) is 9.04. The minimum Gasteiger partial charge on any atom is -0.490 e. The number of rotatable bonds is 7. The molecule has 0 spiro atoms. The van der Waals surface area contributed by atoms with E-state index in [1.165, 1.54) is 31.0 Å². The second-order valence-electron chi connectivity index (χ2n) is 7.46. The van der Waals surface area contributed by atoms with Gasteiger partial charge in [0.2, 0.25) is 0 Å². The lowest BCUT2D eigenvalue weighted by atomic mass is 9.87. The third-order valence-electron chi connectivity index (χ3n) is 4.19. The molecule has 0 heterocycles. The molecule has 8 heteroatoms. The van der Waals surface area contributed by atoms with Gasteiger partial charge in [0.25, 0.3) is 5.91 Å². The summed E-state index contributed by atoms with van der Waals surface area (Å²) >= 11 is 0. The van der Waals surface area contributed by atoms with Crippen LogP contribution in [0.15, 0.2) is 47.6 Å². The van der Waals surface area contributed by atoms with Crippen LogP contribution in [-0.2, 0) is 10.2 Å². The summed E-state index contributed by atoms with van der Waals surface area (Å²) in [7, 11) is 1.36. The van der Waals surface area contributed by atoms with Crippen LogP contribution < -0.4 is 14.9 Å². The van der Waals surface area contributed by atoms with Gasteiger partial charge in [0, 0.05) is 11.6 Å². The Labute approximate surface area is 169 Å². The first kappa shape index (κ1) is 21.9. The second kappa shape index (κ2) is 9.18. The number of carbonyl (C=O) groups is 1. The molecule has 0 bridgehead atoms. The van der Waals surface area contributed by atoms with Crippen LogP contribution in [0, 0.1) is 10.1 Å². The summed E-state index contributed by atoms with van der Waals surface area (Å²) in [6, 6.07) is 12.0.